The van der Waals surface area contributed by atoms with Gasteiger partial charge in [-0.2, -0.15) is 0 Å². The van der Waals surface area contributed by atoms with E-state index in [0.717, 1.165) is 32.0 Å². The van der Waals surface area contributed by atoms with Crippen molar-refractivity contribution in [2.75, 3.05) is 66.5 Å². The number of amides is 2. The average Bonchev–Trinajstić information content (AvgIpc) is 2.46. The molecule has 3 aliphatic heterocycles. The van der Waals surface area contributed by atoms with E-state index in [1.807, 2.05) is 19.0 Å². The molecule has 0 aliphatic carbocycles. The van der Waals surface area contributed by atoms with Gasteiger partial charge in [-0.25, -0.2) is 4.79 Å². The zero-order chi connectivity index (χ0) is 14.8. The van der Waals surface area contributed by atoms with Gasteiger partial charge in [0.1, 0.15) is 0 Å². The van der Waals surface area contributed by atoms with Crippen LogP contribution in [0.4, 0.5) is 4.79 Å². The second-order valence-corrected chi connectivity index (χ2v) is 6.78. The van der Waals surface area contributed by atoms with Gasteiger partial charge in [0.25, 0.3) is 0 Å². The third kappa shape index (κ3) is 3.33. The summed E-state index contributed by atoms with van der Waals surface area (Å²) in [7, 11) is 3.67. The maximum atomic E-state index is 12.0. The summed E-state index contributed by atoms with van der Waals surface area (Å²) >= 11 is 0. The maximum absolute atomic E-state index is 12.0. The molecule has 0 aromatic heterocycles. The van der Waals surface area contributed by atoms with Crippen molar-refractivity contribution in [1.29, 1.82) is 0 Å². The largest absolute Gasteiger partial charge is 0.331 e. The van der Waals surface area contributed by atoms with Crippen molar-refractivity contribution in [3.63, 3.8) is 0 Å². The second kappa shape index (κ2) is 6.50. The molecule has 0 saturated carbocycles. The predicted molar refractivity (Wildman–Crippen MR) is 83.5 cm³/mol. The van der Waals surface area contributed by atoms with E-state index in [1.54, 1.807) is 4.90 Å². The van der Waals surface area contributed by atoms with Gasteiger partial charge < -0.3 is 15.1 Å². The van der Waals surface area contributed by atoms with Crippen molar-refractivity contribution in [2.24, 2.45) is 0 Å². The molecule has 0 spiro atoms. The molecule has 3 aliphatic rings. The number of carbonyl (C=O) groups is 1. The van der Waals surface area contributed by atoms with Crippen molar-refractivity contribution in [3.8, 4) is 0 Å². The molecule has 3 rings (SSSR count). The predicted octanol–water partition coefficient (Wildman–Crippen LogP) is -0.278. The lowest BCUT2D eigenvalue weighted by molar-refractivity contribution is 0.0340. The number of hydrogen-bond donors (Lipinski definition) is 1. The Kier molecular flexibility index (Phi) is 4.66. The van der Waals surface area contributed by atoms with E-state index < -0.39 is 0 Å². The zero-order valence-corrected chi connectivity index (χ0v) is 13.4. The van der Waals surface area contributed by atoms with Crippen molar-refractivity contribution < 1.29 is 4.79 Å². The van der Waals surface area contributed by atoms with Gasteiger partial charge in [0.2, 0.25) is 0 Å². The van der Waals surface area contributed by atoms with Gasteiger partial charge in [0, 0.05) is 78.5 Å². The van der Waals surface area contributed by atoms with Crippen LogP contribution in [0.15, 0.2) is 0 Å². The Labute approximate surface area is 128 Å². The van der Waals surface area contributed by atoms with E-state index in [4.69, 9.17) is 0 Å². The first-order chi connectivity index (χ1) is 10.1. The number of rotatable bonds is 2. The number of piperazine rings is 1. The molecule has 1 N–H and O–H groups in total. The molecule has 21 heavy (non-hydrogen) atoms. The second-order valence-electron chi connectivity index (χ2n) is 6.78. The summed E-state index contributed by atoms with van der Waals surface area (Å²) in [5, 5.41) is 3.36. The Morgan fingerprint density at radius 3 is 1.86 bits per heavy atom. The van der Waals surface area contributed by atoms with Gasteiger partial charge >= 0.3 is 6.03 Å². The van der Waals surface area contributed by atoms with Crippen molar-refractivity contribution in [1.82, 2.24) is 24.9 Å². The van der Waals surface area contributed by atoms with Gasteiger partial charge in [0.15, 0.2) is 0 Å². The molecule has 0 unspecified atom stereocenters. The molecule has 3 heterocycles. The Balaban J connectivity index is 1.42. The number of piperidine rings is 1. The lowest BCUT2D eigenvalue weighted by atomic mass is 10.0. The van der Waals surface area contributed by atoms with Gasteiger partial charge in [-0.1, -0.05) is 0 Å². The summed E-state index contributed by atoms with van der Waals surface area (Å²) in [5.74, 6) is 0. The molecule has 0 aromatic carbocycles. The number of nitrogens with zero attached hydrogens (tertiary/aromatic N) is 4. The normalized spacial score (nSPS) is 26.7. The monoisotopic (exact) mass is 295 g/mol. The van der Waals surface area contributed by atoms with E-state index in [-0.39, 0.29) is 6.03 Å². The molecule has 2 amide bonds. The summed E-state index contributed by atoms with van der Waals surface area (Å²) in [6, 6.07) is 1.63. The molecule has 0 atom stereocenters. The SMILES string of the molecule is CN(C)C(=O)N1CCC(N2CCN(C3CNC3)CC2)CC1. The third-order valence-electron chi connectivity index (χ3n) is 5.26. The van der Waals surface area contributed by atoms with Crippen molar-refractivity contribution in [2.45, 2.75) is 24.9 Å². The average molecular weight is 295 g/mol. The first-order valence-corrected chi connectivity index (χ1v) is 8.30. The Morgan fingerprint density at radius 1 is 0.905 bits per heavy atom. The molecule has 0 bridgehead atoms. The molecule has 0 radical (unpaired) electrons. The summed E-state index contributed by atoms with van der Waals surface area (Å²) in [5.41, 5.74) is 0. The fraction of sp³-hybridized carbons (Fsp3) is 0.933. The van der Waals surface area contributed by atoms with E-state index in [1.165, 1.54) is 39.3 Å². The highest BCUT2D eigenvalue weighted by Crippen LogP contribution is 2.20. The van der Waals surface area contributed by atoms with E-state index >= 15 is 0 Å². The highest BCUT2D eigenvalue weighted by Gasteiger charge is 2.32. The Bertz CT molecular complexity index is 355. The number of nitrogens with one attached hydrogen (secondary N) is 1. The first kappa shape index (κ1) is 15.1. The van der Waals surface area contributed by atoms with Crippen LogP contribution >= 0.6 is 0 Å². The molecule has 3 fully saturated rings. The Hall–Kier alpha value is -0.850. The molecule has 6 nitrogen and oxygen atoms in total. The fourth-order valence-electron chi connectivity index (χ4n) is 3.70. The van der Waals surface area contributed by atoms with E-state index in [9.17, 15) is 4.79 Å². The third-order valence-corrected chi connectivity index (χ3v) is 5.26. The van der Waals surface area contributed by atoms with Gasteiger partial charge in [-0.3, -0.25) is 9.80 Å². The minimum Gasteiger partial charge on any atom is -0.331 e. The summed E-state index contributed by atoms with van der Waals surface area (Å²) in [6.45, 7) is 8.98. The topological polar surface area (TPSA) is 42.1 Å². The smallest absolute Gasteiger partial charge is 0.319 e. The summed E-state index contributed by atoms with van der Waals surface area (Å²) in [4.78, 5) is 20.9. The minimum atomic E-state index is 0.163. The maximum Gasteiger partial charge on any atom is 0.319 e. The van der Waals surface area contributed by atoms with Crippen molar-refractivity contribution in [3.05, 3.63) is 0 Å². The number of hydrogen-bond acceptors (Lipinski definition) is 4. The van der Waals surface area contributed by atoms with E-state index in [0.29, 0.717) is 6.04 Å². The van der Waals surface area contributed by atoms with Gasteiger partial charge in [-0.05, 0) is 12.8 Å². The molecule has 0 aromatic rings. The lowest BCUT2D eigenvalue weighted by Gasteiger charge is -2.46. The molecule has 6 heteroatoms. The highest BCUT2D eigenvalue weighted by molar-refractivity contribution is 5.73. The molecule has 120 valence electrons. The number of likely N-dealkylation sites (tertiary alicyclic amines) is 1. The van der Waals surface area contributed by atoms with E-state index in [2.05, 4.69) is 15.1 Å². The van der Waals surface area contributed by atoms with Crippen LogP contribution in [0.3, 0.4) is 0 Å². The van der Waals surface area contributed by atoms with Crippen LogP contribution in [0.1, 0.15) is 12.8 Å². The van der Waals surface area contributed by atoms with Crippen LogP contribution in [0.2, 0.25) is 0 Å². The van der Waals surface area contributed by atoms with Crippen LogP contribution in [0, 0.1) is 0 Å². The van der Waals surface area contributed by atoms with Crippen LogP contribution in [-0.2, 0) is 0 Å². The summed E-state index contributed by atoms with van der Waals surface area (Å²) < 4.78 is 0. The minimum absolute atomic E-state index is 0.163. The van der Waals surface area contributed by atoms with Crippen LogP contribution < -0.4 is 5.32 Å². The highest BCUT2D eigenvalue weighted by atomic mass is 16.2. The zero-order valence-electron chi connectivity index (χ0n) is 13.4. The standard InChI is InChI=1S/C15H29N5O/c1-17(2)15(21)20-5-3-13(4-6-20)18-7-9-19(10-8-18)14-11-16-12-14/h13-14,16H,3-12H2,1-2H3. The fourth-order valence-corrected chi connectivity index (χ4v) is 3.70. The van der Waals surface area contributed by atoms with Crippen LogP contribution in [0.25, 0.3) is 0 Å². The molecule has 3 saturated heterocycles. The van der Waals surface area contributed by atoms with Gasteiger partial charge in [-0.15, -0.1) is 0 Å². The quantitative estimate of drug-likeness (QED) is 0.761. The molecular weight excluding hydrogens is 266 g/mol. The number of carbonyl (C=O) groups excluding carboxylic acids is 1. The molecular formula is C15H29N5O. The Morgan fingerprint density at radius 2 is 1.43 bits per heavy atom. The lowest BCUT2D eigenvalue weighted by Crippen LogP contribution is -2.63. The van der Waals surface area contributed by atoms with Crippen LogP contribution in [-0.4, -0.2) is 104 Å². The van der Waals surface area contributed by atoms with Crippen molar-refractivity contribution >= 4 is 6.03 Å². The summed E-state index contributed by atoms with van der Waals surface area (Å²) in [6.07, 6.45) is 2.26. The van der Waals surface area contributed by atoms with Crippen LogP contribution in [0.5, 0.6) is 0 Å². The van der Waals surface area contributed by atoms with Gasteiger partial charge in [0.05, 0.1) is 0 Å². The number of urea groups is 1. The first-order valence-electron chi connectivity index (χ1n) is 8.30.